The third kappa shape index (κ3) is 3.01. The Morgan fingerprint density at radius 3 is 1.89 bits per heavy atom. The first-order valence-electron chi connectivity index (χ1n) is 5.35. The quantitative estimate of drug-likeness (QED) is 0.714. The summed E-state index contributed by atoms with van der Waals surface area (Å²) >= 11 is 11.7. The van der Waals surface area contributed by atoms with Gasteiger partial charge in [0.05, 0.1) is 0 Å². The van der Waals surface area contributed by atoms with Crippen molar-refractivity contribution in [2.24, 2.45) is 0 Å². The van der Waals surface area contributed by atoms with Crippen molar-refractivity contribution < 1.29 is 8.78 Å². The van der Waals surface area contributed by atoms with Gasteiger partial charge in [-0.05, 0) is 48.4 Å². The van der Waals surface area contributed by atoms with E-state index in [-0.39, 0.29) is 12.0 Å². The molecule has 18 heavy (non-hydrogen) atoms. The van der Waals surface area contributed by atoms with Crippen molar-refractivity contribution in [1.29, 1.82) is 0 Å². The van der Waals surface area contributed by atoms with Gasteiger partial charge in [-0.1, -0.05) is 23.2 Å². The summed E-state index contributed by atoms with van der Waals surface area (Å²) in [6.45, 7) is 1.65. The van der Waals surface area contributed by atoms with Crippen LogP contribution in [0.5, 0.6) is 0 Å². The lowest BCUT2D eigenvalue weighted by molar-refractivity contribution is 0.559. The second-order valence-corrected chi connectivity index (χ2v) is 5.03. The summed E-state index contributed by atoms with van der Waals surface area (Å²) in [6, 6.07) is 7.49. The topological polar surface area (TPSA) is 0 Å². The number of halogens is 4. The van der Waals surface area contributed by atoms with E-state index in [0.717, 1.165) is 0 Å². The molecule has 0 heterocycles. The van der Waals surface area contributed by atoms with Crippen LogP contribution in [0.3, 0.4) is 0 Å². The molecule has 0 unspecified atom stereocenters. The van der Waals surface area contributed by atoms with Gasteiger partial charge in [-0.15, -0.1) is 0 Å². The zero-order chi connectivity index (χ0) is 13.3. The molecule has 2 aromatic carbocycles. The van der Waals surface area contributed by atoms with Crippen molar-refractivity contribution in [3.63, 3.8) is 0 Å². The van der Waals surface area contributed by atoms with Crippen LogP contribution in [0.1, 0.15) is 16.7 Å². The zero-order valence-corrected chi connectivity index (χ0v) is 11.1. The molecule has 0 radical (unpaired) electrons. The highest BCUT2D eigenvalue weighted by molar-refractivity contribution is 6.34. The van der Waals surface area contributed by atoms with Crippen molar-refractivity contribution in [2.45, 2.75) is 13.3 Å². The average Bonchev–Trinajstić information content (AvgIpc) is 2.22. The SMILES string of the molecule is Cc1cc(F)c(Cc2cc(Cl)cc(Cl)c2)c(F)c1. The van der Waals surface area contributed by atoms with Crippen LogP contribution in [0.15, 0.2) is 30.3 Å². The summed E-state index contributed by atoms with van der Waals surface area (Å²) < 4.78 is 27.4. The minimum atomic E-state index is -0.552. The second-order valence-electron chi connectivity index (χ2n) is 4.16. The molecule has 0 saturated carbocycles. The Morgan fingerprint density at radius 2 is 1.39 bits per heavy atom. The lowest BCUT2D eigenvalue weighted by Crippen LogP contribution is -1.98. The van der Waals surface area contributed by atoms with Crippen LogP contribution in [0, 0.1) is 18.6 Å². The molecule has 0 spiro atoms. The van der Waals surface area contributed by atoms with Crippen molar-refractivity contribution in [3.05, 3.63) is 68.7 Å². The first kappa shape index (κ1) is 13.3. The first-order valence-corrected chi connectivity index (χ1v) is 6.11. The molecule has 0 aromatic heterocycles. The highest BCUT2D eigenvalue weighted by atomic mass is 35.5. The molecule has 0 fully saturated rings. The maximum atomic E-state index is 13.7. The van der Waals surface area contributed by atoms with E-state index in [4.69, 9.17) is 23.2 Å². The molecule has 0 aliphatic rings. The summed E-state index contributed by atoms with van der Waals surface area (Å²) in [5, 5.41) is 0.899. The average molecular weight is 287 g/mol. The summed E-state index contributed by atoms with van der Waals surface area (Å²) in [5.74, 6) is -1.10. The predicted octanol–water partition coefficient (Wildman–Crippen LogP) is 5.17. The fourth-order valence-corrected chi connectivity index (χ4v) is 2.39. The molecule has 0 atom stereocenters. The smallest absolute Gasteiger partial charge is 0.129 e. The molecular weight excluding hydrogens is 277 g/mol. The molecule has 0 N–H and O–H groups in total. The maximum absolute atomic E-state index is 13.7. The third-order valence-corrected chi connectivity index (χ3v) is 3.03. The zero-order valence-electron chi connectivity index (χ0n) is 9.61. The standard InChI is InChI=1S/C14H10Cl2F2/c1-8-2-13(17)12(14(18)3-8)6-9-4-10(15)7-11(16)5-9/h2-5,7H,6H2,1H3. The fourth-order valence-electron chi connectivity index (χ4n) is 1.82. The van der Waals surface area contributed by atoms with E-state index in [1.807, 2.05) is 0 Å². The van der Waals surface area contributed by atoms with E-state index < -0.39 is 11.6 Å². The lowest BCUT2D eigenvalue weighted by Gasteiger charge is -2.07. The van der Waals surface area contributed by atoms with Gasteiger partial charge in [-0.2, -0.15) is 0 Å². The fraction of sp³-hybridized carbons (Fsp3) is 0.143. The molecule has 94 valence electrons. The van der Waals surface area contributed by atoms with Gasteiger partial charge in [0.1, 0.15) is 11.6 Å². The highest BCUT2D eigenvalue weighted by Crippen LogP contribution is 2.24. The van der Waals surface area contributed by atoms with Gasteiger partial charge in [0.15, 0.2) is 0 Å². The van der Waals surface area contributed by atoms with Crippen LogP contribution in [0.2, 0.25) is 10.0 Å². The van der Waals surface area contributed by atoms with Gasteiger partial charge in [-0.25, -0.2) is 8.78 Å². The molecule has 0 saturated heterocycles. The Balaban J connectivity index is 2.40. The molecule has 2 rings (SSSR count). The molecule has 2 aromatic rings. The first-order chi connectivity index (χ1) is 8.45. The second kappa shape index (κ2) is 5.25. The number of rotatable bonds is 2. The van der Waals surface area contributed by atoms with Gasteiger partial charge < -0.3 is 0 Å². The van der Waals surface area contributed by atoms with Crippen LogP contribution in [0.25, 0.3) is 0 Å². The van der Waals surface area contributed by atoms with Gasteiger partial charge in [-0.3, -0.25) is 0 Å². The Hall–Kier alpha value is -1.12. The minimum Gasteiger partial charge on any atom is -0.207 e. The summed E-state index contributed by atoms with van der Waals surface area (Å²) in [5.41, 5.74) is 1.26. The van der Waals surface area contributed by atoms with Crippen LogP contribution >= 0.6 is 23.2 Å². The van der Waals surface area contributed by atoms with Crippen LogP contribution in [-0.4, -0.2) is 0 Å². The van der Waals surface area contributed by atoms with Crippen LogP contribution in [0.4, 0.5) is 8.78 Å². The molecule has 0 aliphatic heterocycles. The minimum absolute atomic E-state index is 0.0268. The van der Waals surface area contributed by atoms with E-state index >= 15 is 0 Å². The lowest BCUT2D eigenvalue weighted by atomic mass is 10.0. The van der Waals surface area contributed by atoms with Gasteiger partial charge in [0.2, 0.25) is 0 Å². The van der Waals surface area contributed by atoms with Crippen molar-refractivity contribution in [1.82, 2.24) is 0 Å². The molecule has 4 heteroatoms. The number of hydrogen-bond acceptors (Lipinski definition) is 0. The van der Waals surface area contributed by atoms with Crippen molar-refractivity contribution in [3.8, 4) is 0 Å². The molecular formula is C14H10Cl2F2. The summed E-state index contributed by atoms with van der Waals surface area (Å²) in [6.07, 6.45) is 0.123. The van der Waals surface area contributed by atoms with Gasteiger partial charge in [0, 0.05) is 22.0 Å². The third-order valence-electron chi connectivity index (χ3n) is 2.59. The Bertz CT molecular complexity index is 551. The van der Waals surface area contributed by atoms with E-state index in [1.54, 1.807) is 25.1 Å². The summed E-state index contributed by atoms with van der Waals surface area (Å²) in [7, 11) is 0. The number of benzene rings is 2. The molecule has 0 aliphatic carbocycles. The monoisotopic (exact) mass is 286 g/mol. The van der Waals surface area contributed by atoms with Crippen LogP contribution in [-0.2, 0) is 6.42 Å². The maximum Gasteiger partial charge on any atom is 0.129 e. The Morgan fingerprint density at radius 1 is 0.889 bits per heavy atom. The number of hydrogen-bond donors (Lipinski definition) is 0. The largest absolute Gasteiger partial charge is 0.207 e. The van der Waals surface area contributed by atoms with Crippen molar-refractivity contribution >= 4 is 23.2 Å². The molecule has 0 bridgehead atoms. The van der Waals surface area contributed by atoms with Crippen LogP contribution < -0.4 is 0 Å². The Kier molecular flexibility index (Phi) is 3.88. The highest BCUT2D eigenvalue weighted by Gasteiger charge is 2.11. The van der Waals surface area contributed by atoms with E-state index in [9.17, 15) is 8.78 Å². The predicted molar refractivity (Wildman–Crippen MR) is 70.4 cm³/mol. The van der Waals surface area contributed by atoms with E-state index in [2.05, 4.69) is 0 Å². The van der Waals surface area contributed by atoms with Gasteiger partial charge >= 0.3 is 0 Å². The molecule has 0 amide bonds. The number of aryl methyl sites for hydroxylation is 1. The summed E-state index contributed by atoms with van der Waals surface area (Å²) in [4.78, 5) is 0. The van der Waals surface area contributed by atoms with Gasteiger partial charge in [0.25, 0.3) is 0 Å². The molecule has 0 nitrogen and oxygen atoms in total. The normalized spacial score (nSPS) is 10.7. The van der Waals surface area contributed by atoms with E-state index in [1.165, 1.54) is 12.1 Å². The van der Waals surface area contributed by atoms with Crippen molar-refractivity contribution in [2.75, 3.05) is 0 Å². The Labute approximate surface area is 114 Å². The van der Waals surface area contributed by atoms with E-state index in [0.29, 0.717) is 21.2 Å².